The van der Waals surface area contributed by atoms with Gasteiger partial charge in [0.2, 0.25) is 0 Å². The van der Waals surface area contributed by atoms with Crippen molar-refractivity contribution in [3.8, 4) is 51.2 Å². The molecule has 0 amide bonds. The number of thiophene rings is 1. The molecular weight excluding hydrogens is 873 g/mol. The summed E-state index contributed by atoms with van der Waals surface area (Å²) in [6.45, 7) is 0. The highest BCUT2D eigenvalue weighted by molar-refractivity contribution is 7.26. The zero-order valence-electron chi connectivity index (χ0n) is 37.5. The molecule has 0 unspecified atom stereocenters. The van der Waals surface area contributed by atoms with E-state index in [-0.39, 0.29) is 0 Å². The van der Waals surface area contributed by atoms with Gasteiger partial charge in [-0.05, 0) is 78.9 Å². The van der Waals surface area contributed by atoms with E-state index in [0.717, 1.165) is 55.8 Å². The molecule has 0 aliphatic heterocycles. The van der Waals surface area contributed by atoms with Crippen LogP contribution in [0.2, 0.25) is 0 Å². The molecule has 0 fully saturated rings. The van der Waals surface area contributed by atoms with E-state index in [1.807, 2.05) is 18.2 Å². The van der Waals surface area contributed by atoms with Crippen LogP contribution in [0, 0.1) is 0 Å². The first-order valence-electron chi connectivity index (χ1n) is 23.6. The van der Waals surface area contributed by atoms with Crippen molar-refractivity contribution in [3.63, 3.8) is 0 Å². The van der Waals surface area contributed by atoms with Crippen molar-refractivity contribution >= 4 is 96.9 Å². The van der Waals surface area contributed by atoms with Gasteiger partial charge in [-0.25, -0.2) is 15.0 Å². The third-order valence-electron chi connectivity index (χ3n) is 14.1. The van der Waals surface area contributed by atoms with Crippen LogP contribution in [-0.2, 0) is 0 Å². The van der Waals surface area contributed by atoms with E-state index in [9.17, 15) is 0 Å². The number of benzene rings is 10. The number of para-hydroxylation sites is 5. The molecule has 0 saturated heterocycles. The van der Waals surface area contributed by atoms with Crippen molar-refractivity contribution in [3.05, 3.63) is 231 Å². The zero-order chi connectivity index (χ0) is 45.9. The first-order chi connectivity index (χ1) is 34.7. The summed E-state index contributed by atoms with van der Waals surface area (Å²) in [4.78, 5) is 15.6. The number of fused-ring (bicyclic) bond motifs is 12. The van der Waals surface area contributed by atoms with E-state index in [0.29, 0.717) is 17.5 Å². The summed E-state index contributed by atoms with van der Waals surface area (Å²) in [6, 6.07) is 82.7. The molecule has 70 heavy (non-hydrogen) atoms. The molecule has 0 saturated carbocycles. The highest BCUT2D eigenvalue weighted by Crippen LogP contribution is 2.44. The van der Waals surface area contributed by atoms with E-state index in [2.05, 4.69) is 226 Å². The van der Waals surface area contributed by atoms with Crippen molar-refractivity contribution in [1.29, 1.82) is 0 Å². The smallest absolute Gasteiger partial charge is 0.165 e. The highest BCUT2D eigenvalue weighted by Gasteiger charge is 2.24. The van der Waals surface area contributed by atoms with Gasteiger partial charge >= 0.3 is 0 Å². The molecule has 0 bridgehead atoms. The Labute approximate surface area is 405 Å². The van der Waals surface area contributed by atoms with Gasteiger partial charge in [0.15, 0.2) is 17.5 Å². The normalized spacial score (nSPS) is 12.0. The van der Waals surface area contributed by atoms with Crippen LogP contribution in [0.25, 0.3) is 137 Å². The number of hydrogen-bond acceptors (Lipinski definition) is 4. The predicted octanol–water partition coefficient (Wildman–Crippen LogP) is 16.5. The van der Waals surface area contributed by atoms with Crippen molar-refractivity contribution in [1.82, 2.24) is 28.7 Å². The van der Waals surface area contributed by atoms with Gasteiger partial charge in [-0.1, -0.05) is 152 Å². The van der Waals surface area contributed by atoms with Gasteiger partial charge in [0.25, 0.3) is 0 Å². The maximum Gasteiger partial charge on any atom is 0.165 e. The van der Waals surface area contributed by atoms with Crippen molar-refractivity contribution in [2.75, 3.05) is 0 Å². The minimum Gasteiger partial charge on any atom is -0.309 e. The molecule has 5 heterocycles. The first kappa shape index (κ1) is 38.9. The quantitative estimate of drug-likeness (QED) is 0.167. The fourth-order valence-electron chi connectivity index (χ4n) is 11.1. The van der Waals surface area contributed by atoms with Crippen LogP contribution in [-0.4, -0.2) is 28.7 Å². The van der Waals surface area contributed by atoms with Crippen LogP contribution < -0.4 is 0 Å². The summed E-state index contributed by atoms with van der Waals surface area (Å²) in [5.41, 5.74) is 13.0. The van der Waals surface area contributed by atoms with Crippen LogP contribution in [0.3, 0.4) is 0 Å². The molecule has 0 N–H and O–H groups in total. The Morgan fingerprint density at radius 1 is 0.300 bits per heavy atom. The molecule has 0 spiro atoms. The van der Waals surface area contributed by atoms with E-state index in [4.69, 9.17) is 15.0 Å². The molecule has 0 aliphatic carbocycles. The lowest BCUT2D eigenvalue weighted by Gasteiger charge is -2.15. The van der Waals surface area contributed by atoms with Crippen LogP contribution >= 0.6 is 11.3 Å². The summed E-state index contributed by atoms with van der Waals surface area (Å²) in [7, 11) is 0. The predicted molar refractivity (Wildman–Crippen MR) is 292 cm³/mol. The fraction of sp³-hybridized carbons (Fsp3) is 0. The van der Waals surface area contributed by atoms with Crippen molar-refractivity contribution in [2.24, 2.45) is 0 Å². The Hall–Kier alpha value is -9.17. The first-order valence-corrected chi connectivity index (χ1v) is 24.4. The average Bonchev–Trinajstić information content (AvgIpc) is 4.18. The summed E-state index contributed by atoms with van der Waals surface area (Å²) >= 11 is 1.78. The minimum absolute atomic E-state index is 0.621. The monoisotopic (exact) mass is 910 g/mol. The maximum absolute atomic E-state index is 5.28. The largest absolute Gasteiger partial charge is 0.309 e. The minimum atomic E-state index is 0.621. The Kier molecular flexibility index (Phi) is 8.43. The van der Waals surface area contributed by atoms with Gasteiger partial charge < -0.3 is 13.7 Å². The summed E-state index contributed by atoms with van der Waals surface area (Å²) in [5, 5.41) is 9.72. The summed E-state index contributed by atoms with van der Waals surface area (Å²) in [5.74, 6) is 1.91. The number of nitrogens with zero attached hydrogens (tertiary/aromatic N) is 6. The van der Waals surface area contributed by atoms with E-state index in [1.54, 1.807) is 11.3 Å². The van der Waals surface area contributed by atoms with Gasteiger partial charge in [0.05, 0.1) is 44.5 Å². The molecule has 15 aromatic rings. The van der Waals surface area contributed by atoms with Gasteiger partial charge in [0.1, 0.15) is 0 Å². The average molecular weight is 911 g/mol. The SMILES string of the molecule is c1ccc(-c2nc(-c3ccc(-n4c5cccc(-n6c7ccccc7c7ccccc76)c5c5cccc(-n6c7ccccc7c7ccccc76)c54)cc3)nc(-c3cccc4c3sc3ccccc34)n2)cc1. The van der Waals surface area contributed by atoms with Gasteiger partial charge in [-0.15, -0.1) is 11.3 Å². The second-order valence-electron chi connectivity index (χ2n) is 17.9. The van der Waals surface area contributed by atoms with E-state index in [1.165, 1.54) is 63.5 Å². The second kappa shape index (κ2) is 15.2. The fourth-order valence-corrected chi connectivity index (χ4v) is 12.3. The molecule has 15 rings (SSSR count). The van der Waals surface area contributed by atoms with Gasteiger partial charge in [-0.2, -0.15) is 0 Å². The second-order valence-corrected chi connectivity index (χ2v) is 19.0. The molecule has 0 radical (unpaired) electrons. The molecule has 5 aromatic heterocycles. The van der Waals surface area contributed by atoms with E-state index >= 15 is 0 Å². The third kappa shape index (κ3) is 5.70. The summed E-state index contributed by atoms with van der Waals surface area (Å²) < 4.78 is 9.77. The lowest BCUT2D eigenvalue weighted by molar-refractivity contribution is 1.07. The number of aromatic nitrogens is 6. The Bertz CT molecular complexity index is 4490. The topological polar surface area (TPSA) is 53.5 Å². The number of hydrogen-bond donors (Lipinski definition) is 0. The van der Waals surface area contributed by atoms with Crippen LogP contribution in [0.1, 0.15) is 0 Å². The molecule has 0 atom stereocenters. The Morgan fingerprint density at radius 3 is 1.40 bits per heavy atom. The maximum atomic E-state index is 5.28. The molecule has 10 aromatic carbocycles. The zero-order valence-corrected chi connectivity index (χ0v) is 38.3. The Morgan fingerprint density at radius 2 is 0.757 bits per heavy atom. The van der Waals surface area contributed by atoms with Gasteiger partial charge in [-0.3, -0.25) is 0 Å². The van der Waals surface area contributed by atoms with Crippen LogP contribution in [0.4, 0.5) is 0 Å². The van der Waals surface area contributed by atoms with E-state index < -0.39 is 0 Å². The summed E-state index contributed by atoms with van der Waals surface area (Å²) in [6.07, 6.45) is 0. The molecule has 6 nitrogen and oxygen atoms in total. The molecule has 0 aliphatic rings. The Balaban J connectivity index is 0.982. The lowest BCUT2D eigenvalue weighted by Crippen LogP contribution is -2.02. The standard InChI is InChI=1S/C63H38N6S/c1-2-17-39(18-3-1)61-64-62(66-63(65-61)49-26-14-24-47-46-23-8-13-34-57(46)70-60(47)49)40-35-37-41(38-36-40)67-54-31-16-32-55(68-50-27-9-4-19-42(50)43-20-5-10-28-51(43)68)58(54)48-25-15-33-56(59(48)67)69-52-29-11-6-21-44(52)45-22-7-12-30-53(45)69/h1-38H. The number of rotatable bonds is 6. The highest BCUT2D eigenvalue weighted by atomic mass is 32.1. The third-order valence-corrected chi connectivity index (χ3v) is 15.3. The van der Waals surface area contributed by atoms with Crippen molar-refractivity contribution in [2.45, 2.75) is 0 Å². The molecular formula is C63H38N6S. The van der Waals surface area contributed by atoms with Crippen LogP contribution in [0.15, 0.2) is 231 Å². The molecule has 7 heteroatoms. The lowest BCUT2D eigenvalue weighted by atomic mass is 10.1. The van der Waals surface area contributed by atoms with Crippen LogP contribution in [0.5, 0.6) is 0 Å². The van der Waals surface area contributed by atoms with Gasteiger partial charge in [0, 0.05) is 74.9 Å². The molecule has 326 valence electrons. The van der Waals surface area contributed by atoms with Crippen molar-refractivity contribution < 1.29 is 0 Å².